The summed E-state index contributed by atoms with van der Waals surface area (Å²) in [6, 6.07) is 12.5. The molecule has 8 heteroatoms. The van der Waals surface area contributed by atoms with Crippen molar-refractivity contribution in [3.63, 3.8) is 0 Å². The van der Waals surface area contributed by atoms with Gasteiger partial charge >= 0.3 is 0 Å². The van der Waals surface area contributed by atoms with Crippen molar-refractivity contribution in [1.29, 1.82) is 0 Å². The van der Waals surface area contributed by atoms with E-state index in [9.17, 15) is 4.79 Å². The van der Waals surface area contributed by atoms with E-state index in [-0.39, 0.29) is 11.7 Å². The number of aryl methyl sites for hydroxylation is 1. The molecule has 1 aliphatic carbocycles. The summed E-state index contributed by atoms with van der Waals surface area (Å²) in [6.07, 6.45) is 9.36. The zero-order chi connectivity index (χ0) is 22.3. The monoisotopic (exact) mass is 448 g/mol. The molecule has 1 amide bonds. The minimum absolute atomic E-state index is 0.173. The molecule has 0 atom stereocenters. The van der Waals surface area contributed by atoms with E-state index in [1.807, 2.05) is 19.1 Å². The van der Waals surface area contributed by atoms with Crippen molar-refractivity contribution in [3.05, 3.63) is 59.9 Å². The highest BCUT2D eigenvalue weighted by Crippen LogP contribution is 2.35. The first-order valence-electron chi connectivity index (χ1n) is 11.0. The molecule has 3 aromatic rings. The van der Waals surface area contributed by atoms with Crippen molar-refractivity contribution in [2.45, 2.75) is 57.1 Å². The Kier molecular flexibility index (Phi) is 7.32. The van der Waals surface area contributed by atoms with Crippen LogP contribution in [-0.2, 0) is 4.79 Å². The number of nitrogens with zero attached hydrogens (tertiary/aromatic N) is 5. The normalized spacial score (nSPS) is 15.0. The molecule has 0 radical (unpaired) electrons. The molecule has 4 rings (SSSR count). The summed E-state index contributed by atoms with van der Waals surface area (Å²) in [5, 5.41) is 14.0. The number of rotatable bonds is 7. The fourth-order valence-electron chi connectivity index (χ4n) is 3.89. The lowest BCUT2D eigenvalue weighted by atomic mass is 9.95. The van der Waals surface area contributed by atoms with E-state index in [1.54, 1.807) is 12.4 Å². The second kappa shape index (κ2) is 10.5. The lowest BCUT2D eigenvalue weighted by Gasteiger charge is -2.25. The van der Waals surface area contributed by atoms with Crippen molar-refractivity contribution in [2.75, 3.05) is 5.75 Å². The number of hydrogen-bond acceptors (Lipinski definition) is 6. The maximum Gasteiger partial charge on any atom is 0.250 e. The Morgan fingerprint density at radius 3 is 2.66 bits per heavy atom. The maximum absolute atomic E-state index is 12.4. The van der Waals surface area contributed by atoms with E-state index in [0.29, 0.717) is 11.8 Å². The highest BCUT2D eigenvalue weighted by Gasteiger charge is 2.24. The largest absolute Gasteiger partial charge is 0.299 e. The molecule has 0 saturated heterocycles. The van der Waals surface area contributed by atoms with E-state index in [0.717, 1.165) is 34.9 Å². The number of hydrazone groups is 1. The molecular formula is C24H28N6OS. The third-order valence-corrected chi connectivity index (χ3v) is 6.62. The standard InChI is InChI=1S/C24H28N6OS/c1-17-10-12-19(13-11-17)23-28-29-24(30(23)21-8-4-3-5-9-21)32-16-22(31)27-26-18(2)20-7-6-14-25-15-20/h6-7,10-15,21H,3-5,8-9,16H2,1-2H3,(H,27,31). The van der Waals surface area contributed by atoms with Crippen molar-refractivity contribution in [2.24, 2.45) is 5.10 Å². The molecule has 2 aromatic heterocycles. The van der Waals surface area contributed by atoms with Gasteiger partial charge in [0.15, 0.2) is 11.0 Å². The minimum Gasteiger partial charge on any atom is -0.299 e. The van der Waals surface area contributed by atoms with Gasteiger partial charge in [0.2, 0.25) is 0 Å². The van der Waals surface area contributed by atoms with Gasteiger partial charge in [-0.25, -0.2) is 5.43 Å². The zero-order valence-corrected chi connectivity index (χ0v) is 19.3. The smallest absolute Gasteiger partial charge is 0.250 e. The van der Waals surface area contributed by atoms with Crippen LogP contribution in [0.25, 0.3) is 11.4 Å². The van der Waals surface area contributed by atoms with Crippen LogP contribution >= 0.6 is 11.8 Å². The summed E-state index contributed by atoms with van der Waals surface area (Å²) in [4.78, 5) is 16.5. The first-order valence-corrected chi connectivity index (χ1v) is 12.0. The van der Waals surface area contributed by atoms with Crippen LogP contribution in [0.4, 0.5) is 0 Å². The minimum atomic E-state index is -0.173. The Morgan fingerprint density at radius 2 is 1.94 bits per heavy atom. The highest BCUT2D eigenvalue weighted by atomic mass is 32.2. The lowest BCUT2D eigenvalue weighted by molar-refractivity contribution is -0.118. The molecule has 1 fully saturated rings. The predicted molar refractivity (Wildman–Crippen MR) is 128 cm³/mol. The van der Waals surface area contributed by atoms with Gasteiger partial charge in [0.1, 0.15) is 0 Å². The molecule has 0 spiro atoms. The van der Waals surface area contributed by atoms with Crippen LogP contribution in [0.5, 0.6) is 0 Å². The first-order chi connectivity index (χ1) is 15.6. The molecule has 0 bridgehead atoms. The molecule has 32 heavy (non-hydrogen) atoms. The molecule has 1 aromatic carbocycles. The molecule has 2 heterocycles. The average Bonchev–Trinajstić information content (AvgIpc) is 3.26. The van der Waals surface area contributed by atoms with Gasteiger partial charge in [-0.1, -0.05) is 66.9 Å². The molecule has 166 valence electrons. The van der Waals surface area contributed by atoms with E-state index in [2.05, 4.69) is 61.5 Å². The van der Waals surface area contributed by atoms with Crippen molar-refractivity contribution < 1.29 is 4.79 Å². The van der Waals surface area contributed by atoms with Gasteiger partial charge in [0.05, 0.1) is 11.5 Å². The van der Waals surface area contributed by atoms with Crippen molar-refractivity contribution in [3.8, 4) is 11.4 Å². The third-order valence-electron chi connectivity index (χ3n) is 5.67. The van der Waals surface area contributed by atoms with Gasteiger partial charge in [0, 0.05) is 29.6 Å². The number of aromatic nitrogens is 4. The molecule has 1 N–H and O–H groups in total. The van der Waals surface area contributed by atoms with Gasteiger partial charge in [0.25, 0.3) is 5.91 Å². The average molecular weight is 449 g/mol. The summed E-state index contributed by atoms with van der Waals surface area (Å²) in [5.74, 6) is 0.932. The Balaban J connectivity index is 1.48. The van der Waals surface area contributed by atoms with Gasteiger partial charge in [-0.3, -0.25) is 14.3 Å². The van der Waals surface area contributed by atoms with E-state index in [4.69, 9.17) is 0 Å². The van der Waals surface area contributed by atoms with E-state index >= 15 is 0 Å². The Hall–Kier alpha value is -3.00. The number of nitrogens with one attached hydrogen (secondary N) is 1. The van der Waals surface area contributed by atoms with E-state index in [1.165, 1.54) is 36.6 Å². The first kappa shape index (κ1) is 22.2. The van der Waals surface area contributed by atoms with Crippen LogP contribution in [0.2, 0.25) is 0 Å². The van der Waals surface area contributed by atoms with Crippen LogP contribution in [-0.4, -0.2) is 37.1 Å². The molecular weight excluding hydrogens is 420 g/mol. The van der Waals surface area contributed by atoms with Crippen LogP contribution < -0.4 is 5.43 Å². The van der Waals surface area contributed by atoms with Gasteiger partial charge in [-0.05, 0) is 32.8 Å². The van der Waals surface area contributed by atoms with Crippen molar-refractivity contribution in [1.82, 2.24) is 25.2 Å². The van der Waals surface area contributed by atoms with Gasteiger partial charge in [-0.2, -0.15) is 5.10 Å². The Bertz CT molecular complexity index is 1070. The highest BCUT2D eigenvalue weighted by molar-refractivity contribution is 7.99. The summed E-state index contributed by atoms with van der Waals surface area (Å²) >= 11 is 1.41. The summed E-state index contributed by atoms with van der Waals surface area (Å²) in [7, 11) is 0. The number of hydrogen-bond donors (Lipinski definition) is 1. The Labute approximate surface area is 192 Å². The summed E-state index contributed by atoms with van der Waals surface area (Å²) in [5.41, 5.74) is 6.50. The Morgan fingerprint density at radius 1 is 1.16 bits per heavy atom. The molecule has 1 saturated carbocycles. The van der Waals surface area contributed by atoms with Gasteiger partial charge < -0.3 is 0 Å². The molecule has 1 aliphatic rings. The fraction of sp³-hybridized carbons (Fsp3) is 0.375. The van der Waals surface area contributed by atoms with Crippen LogP contribution in [0.15, 0.2) is 59.0 Å². The second-order valence-electron chi connectivity index (χ2n) is 8.10. The molecule has 0 unspecified atom stereocenters. The molecule has 0 aliphatic heterocycles. The molecule has 7 nitrogen and oxygen atoms in total. The van der Waals surface area contributed by atoms with Crippen LogP contribution in [0.3, 0.4) is 0 Å². The number of carbonyl (C=O) groups is 1. The summed E-state index contributed by atoms with van der Waals surface area (Å²) < 4.78 is 2.24. The number of thioether (sulfide) groups is 1. The zero-order valence-electron chi connectivity index (χ0n) is 18.5. The SMILES string of the molecule is CC(=NNC(=O)CSc1nnc(-c2ccc(C)cc2)n1C1CCCCC1)c1cccnc1. The fourth-order valence-corrected chi connectivity index (χ4v) is 4.69. The topological polar surface area (TPSA) is 85.1 Å². The number of carbonyl (C=O) groups excluding carboxylic acids is 1. The quantitative estimate of drug-likeness (QED) is 0.319. The summed E-state index contributed by atoms with van der Waals surface area (Å²) in [6.45, 7) is 3.92. The lowest BCUT2D eigenvalue weighted by Crippen LogP contribution is -2.22. The predicted octanol–water partition coefficient (Wildman–Crippen LogP) is 4.79. The maximum atomic E-state index is 12.4. The number of pyridine rings is 1. The second-order valence-corrected chi connectivity index (χ2v) is 9.04. The number of amides is 1. The van der Waals surface area contributed by atoms with Gasteiger partial charge in [-0.15, -0.1) is 10.2 Å². The van der Waals surface area contributed by atoms with Crippen LogP contribution in [0.1, 0.15) is 56.2 Å². The third kappa shape index (κ3) is 5.43. The number of benzene rings is 1. The van der Waals surface area contributed by atoms with Crippen LogP contribution in [0, 0.1) is 6.92 Å². The van der Waals surface area contributed by atoms with Crippen molar-refractivity contribution >= 4 is 23.4 Å². The van der Waals surface area contributed by atoms with E-state index < -0.39 is 0 Å².